The first-order valence-electron chi connectivity index (χ1n) is 5.53. The summed E-state index contributed by atoms with van der Waals surface area (Å²) in [6, 6.07) is 10.6. The molecule has 0 aliphatic carbocycles. The lowest BCUT2D eigenvalue weighted by atomic mass is 10.1. The number of fused-ring (bicyclic) bond motifs is 1. The molecule has 4 heteroatoms. The number of nitrogens with zero attached hydrogens (tertiary/aromatic N) is 2. The average molecular weight is 243 g/mol. The molecule has 1 atom stereocenters. The van der Waals surface area contributed by atoms with Gasteiger partial charge in [0.05, 0.1) is 17.8 Å². The molecule has 3 aromatic rings. The molecular formula is C13H13N3S. The smallest absolute Gasteiger partial charge is 0.0713 e. The maximum atomic E-state index is 4.38. The molecule has 0 saturated heterocycles. The standard InChI is InChI=1S/C13H13N3S/c1-14-13(12-6-4-8-17-12)10-9-15-16-7-3-2-5-11(10)16/h2-9,13-14H,1H3. The van der Waals surface area contributed by atoms with Gasteiger partial charge in [-0.2, -0.15) is 5.10 Å². The first kappa shape index (κ1) is 10.5. The Hall–Kier alpha value is -1.65. The Labute approximate surface area is 104 Å². The average Bonchev–Trinajstić information content (AvgIpc) is 3.01. The fourth-order valence-electron chi connectivity index (χ4n) is 2.08. The molecule has 3 heterocycles. The van der Waals surface area contributed by atoms with Gasteiger partial charge in [-0.15, -0.1) is 11.3 Å². The summed E-state index contributed by atoms with van der Waals surface area (Å²) in [5.41, 5.74) is 2.37. The summed E-state index contributed by atoms with van der Waals surface area (Å²) in [7, 11) is 1.98. The van der Waals surface area contributed by atoms with E-state index in [9.17, 15) is 0 Å². The summed E-state index contributed by atoms with van der Waals surface area (Å²) in [6.07, 6.45) is 3.91. The van der Waals surface area contributed by atoms with Crippen LogP contribution in [0.1, 0.15) is 16.5 Å². The van der Waals surface area contributed by atoms with Crippen LogP contribution in [0.2, 0.25) is 0 Å². The Morgan fingerprint density at radius 2 is 2.24 bits per heavy atom. The summed E-state index contributed by atoms with van der Waals surface area (Å²) in [6.45, 7) is 0. The number of hydrogen-bond acceptors (Lipinski definition) is 3. The zero-order valence-electron chi connectivity index (χ0n) is 9.50. The van der Waals surface area contributed by atoms with Gasteiger partial charge >= 0.3 is 0 Å². The fourth-order valence-corrected chi connectivity index (χ4v) is 2.94. The molecular weight excluding hydrogens is 230 g/mol. The summed E-state index contributed by atoms with van der Waals surface area (Å²) in [5, 5.41) is 9.84. The van der Waals surface area contributed by atoms with Crippen LogP contribution in [0.3, 0.4) is 0 Å². The van der Waals surface area contributed by atoms with Gasteiger partial charge in [0.2, 0.25) is 0 Å². The van der Waals surface area contributed by atoms with Gasteiger partial charge in [0.15, 0.2) is 0 Å². The lowest BCUT2D eigenvalue weighted by molar-refractivity contribution is 0.709. The molecule has 0 spiro atoms. The van der Waals surface area contributed by atoms with Crippen LogP contribution in [0.5, 0.6) is 0 Å². The number of hydrogen-bond donors (Lipinski definition) is 1. The Balaban J connectivity index is 2.13. The minimum Gasteiger partial charge on any atom is -0.309 e. The van der Waals surface area contributed by atoms with E-state index >= 15 is 0 Å². The quantitative estimate of drug-likeness (QED) is 0.766. The first-order chi connectivity index (χ1) is 8.40. The highest BCUT2D eigenvalue weighted by Crippen LogP contribution is 2.28. The third kappa shape index (κ3) is 1.75. The lowest BCUT2D eigenvalue weighted by Gasteiger charge is -2.13. The van der Waals surface area contributed by atoms with E-state index in [4.69, 9.17) is 0 Å². The molecule has 0 bridgehead atoms. The van der Waals surface area contributed by atoms with Gasteiger partial charge < -0.3 is 5.32 Å². The van der Waals surface area contributed by atoms with Crippen molar-refractivity contribution in [1.82, 2.24) is 14.9 Å². The van der Waals surface area contributed by atoms with Crippen molar-refractivity contribution in [3.63, 3.8) is 0 Å². The van der Waals surface area contributed by atoms with Gasteiger partial charge in [-0.25, -0.2) is 4.52 Å². The van der Waals surface area contributed by atoms with E-state index in [0.29, 0.717) is 0 Å². The van der Waals surface area contributed by atoms with Gasteiger partial charge in [-0.3, -0.25) is 0 Å². The second-order valence-electron chi connectivity index (χ2n) is 3.87. The van der Waals surface area contributed by atoms with Crippen molar-refractivity contribution >= 4 is 16.9 Å². The van der Waals surface area contributed by atoms with Crippen molar-refractivity contribution in [2.45, 2.75) is 6.04 Å². The van der Waals surface area contributed by atoms with Crippen molar-refractivity contribution in [2.24, 2.45) is 0 Å². The van der Waals surface area contributed by atoms with Crippen molar-refractivity contribution in [3.8, 4) is 0 Å². The highest BCUT2D eigenvalue weighted by Gasteiger charge is 2.17. The molecule has 0 amide bonds. The third-order valence-corrected chi connectivity index (χ3v) is 3.82. The molecule has 0 saturated carbocycles. The van der Waals surface area contributed by atoms with Crippen LogP contribution in [0, 0.1) is 0 Å². The fraction of sp³-hybridized carbons (Fsp3) is 0.154. The Kier molecular flexibility index (Phi) is 2.66. The molecule has 86 valence electrons. The molecule has 0 aliphatic rings. The maximum Gasteiger partial charge on any atom is 0.0713 e. The normalized spacial score (nSPS) is 13.0. The Bertz CT molecular complexity index is 612. The van der Waals surface area contributed by atoms with Gasteiger partial charge in [-0.1, -0.05) is 12.1 Å². The minimum atomic E-state index is 0.218. The molecule has 3 aromatic heterocycles. The second-order valence-corrected chi connectivity index (χ2v) is 4.85. The largest absolute Gasteiger partial charge is 0.309 e. The van der Waals surface area contributed by atoms with E-state index in [-0.39, 0.29) is 6.04 Å². The molecule has 3 rings (SSSR count). The zero-order valence-corrected chi connectivity index (χ0v) is 10.3. The van der Waals surface area contributed by atoms with E-state index in [1.54, 1.807) is 11.3 Å². The molecule has 1 N–H and O–H groups in total. The van der Waals surface area contributed by atoms with E-state index in [0.717, 1.165) is 5.52 Å². The van der Waals surface area contributed by atoms with Gasteiger partial charge in [0, 0.05) is 16.6 Å². The molecule has 0 aliphatic heterocycles. The van der Waals surface area contributed by atoms with Crippen LogP contribution in [0.25, 0.3) is 5.52 Å². The zero-order chi connectivity index (χ0) is 11.7. The van der Waals surface area contributed by atoms with E-state index < -0.39 is 0 Å². The predicted octanol–water partition coefficient (Wildman–Crippen LogP) is 2.70. The predicted molar refractivity (Wildman–Crippen MR) is 70.4 cm³/mol. The molecule has 3 nitrogen and oxygen atoms in total. The molecule has 0 aromatic carbocycles. The third-order valence-electron chi connectivity index (χ3n) is 2.88. The Morgan fingerprint density at radius 3 is 3.00 bits per heavy atom. The lowest BCUT2D eigenvalue weighted by Crippen LogP contribution is -2.16. The van der Waals surface area contributed by atoms with Crippen molar-refractivity contribution in [2.75, 3.05) is 7.05 Å². The van der Waals surface area contributed by atoms with Crippen molar-refractivity contribution in [3.05, 3.63) is 58.5 Å². The summed E-state index contributed by atoms with van der Waals surface area (Å²) in [4.78, 5) is 1.31. The number of nitrogens with one attached hydrogen (secondary N) is 1. The van der Waals surface area contributed by atoms with Crippen LogP contribution >= 0.6 is 11.3 Å². The number of pyridine rings is 1. The van der Waals surface area contributed by atoms with Crippen molar-refractivity contribution < 1.29 is 0 Å². The monoisotopic (exact) mass is 243 g/mol. The minimum absolute atomic E-state index is 0.218. The Morgan fingerprint density at radius 1 is 1.29 bits per heavy atom. The number of thiophene rings is 1. The van der Waals surface area contributed by atoms with Gasteiger partial charge in [-0.05, 0) is 30.6 Å². The second kappa shape index (κ2) is 4.31. The number of aromatic nitrogens is 2. The summed E-state index contributed by atoms with van der Waals surface area (Å²) >= 11 is 1.76. The van der Waals surface area contributed by atoms with Crippen LogP contribution in [-0.4, -0.2) is 16.7 Å². The molecule has 1 unspecified atom stereocenters. The van der Waals surface area contributed by atoms with E-state index in [1.165, 1.54) is 10.4 Å². The molecule has 0 radical (unpaired) electrons. The molecule has 0 fully saturated rings. The first-order valence-corrected chi connectivity index (χ1v) is 6.41. The van der Waals surface area contributed by atoms with Gasteiger partial charge in [0.25, 0.3) is 0 Å². The summed E-state index contributed by atoms with van der Waals surface area (Å²) in [5.74, 6) is 0. The maximum absolute atomic E-state index is 4.38. The summed E-state index contributed by atoms with van der Waals surface area (Å²) < 4.78 is 1.91. The van der Waals surface area contributed by atoms with Crippen LogP contribution in [-0.2, 0) is 0 Å². The SMILES string of the molecule is CNC(c1cccs1)c1cnn2ccccc12. The van der Waals surface area contributed by atoms with Crippen LogP contribution < -0.4 is 5.32 Å². The number of rotatable bonds is 3. The van der Waals surface area contributed by atoms with Crippen molar-refractivity contribution in [1.29, 1.82) is 0 Å². The molecule has 17 heavy (non-hydrogen) atoms. The van der Waals surface area contributed by atoms with Crippen LogP contribution in [0.15, 0.2) is 48.1 Å². The van der Waals surface area contributed by atoms with E-state index in [1.807, 2.05) is 36.1 Å². The topological polar surface area (TPSA) is 29.3 Å². The van der Waals surface area contributed by atoms with Crippen LogP contribution in [0.4, 0.5) is 0 Å². The highest BCUT2D eigenvalue weighted by molar-refractivity contribution is 7.10. The van der Waals surface area contributed by atoms with E-state index in [2.05, 4.69) is 34.0 Å². The van der Waals surface area contributed by atoms with Gasteiger partial charge in [0.1, 0.15) is 0 Å². The highest BCUT2D eigenvalue weighted by atomic mass is 32.1.